The molecule has 0 radical (unpaired) electrons. The van der Waals surface area contributed by atoms with Gasteiger partial charge in [-0.3, -0.25) is 0 Å². The lowest BCUT2D eigenvalue weighted by atomic mass is 9.75. The molecule has 0 aromatic heterocycles. The van der Waals surface area contributed by atoms with E-state index >= 15 is 0 Å². The van der Waals surface area contributed by atoms with Crippen LogP contribution >= 0.6 is 0 Å². The second-order valence-corrected chi connectivity index (χ2v) is 5.63. The molecule has 0 bridgehead atoms. The minimum Gasteiger partial charge on any atom is -0.314 e. The van der Waals surface area contributed by atoms with Crippen molar-refractivity contribution in [3.05, 3.63) is 35.4 Å². The first kappa shape index (κ1) is 10.3. The monoisotopic (exact) mass is 215 g/mol. The van der Waals surface area contributed by atoms with E-state index in [9.17, 15) is 0 Å². The molecule has 1 aromatic carbocycles. The lowest BCUT2D eigenvalue weighted by molar-refractivity contribution is 0.288. The highest BCUT2D eigenvalue weighted by molar-refractivity contribution is 5.26. The average Bonchev–Trinajstić information content (AvgIpc) is 3.02. The first-order chi connectivity index (χ1) is 7.81. The zero-order chi connectivity index (χ0) is 11.0. The number of hydrogen-bond donors (Lipinski definition) is 1. The molecule has 1 N–H and O–H groups in total. The van der Waals surface area contributed by atoms with Gasteiger partial charge in [-0.15, -0.1) is 0 Å². The maximum atomic E-state index is 3.69. The van der Waals surface area contributed by atoms with Gasteiger partial charge >= 0.3 is 0 Å². The van der Waals surface area contributed by atoms with Crippen LogP contribution in [0.1, 0.15) is 42.7 Å². The minimum absolute atomic E-state index is 0.798. The summed E-state index contributed by atoms with van der Waals surface area (Å²) in [5.74, 6) is 1.83. The van der Waals surface area contributed by atoms with Crippen molar-refractivity contribution in [2.45, 2.75) is 44.6 Å². The van der Waals surface area contributed by atoms with Gasteiger partial charge in [0.05, 0.1) is 0 Å². The summed E-state index contributed by atoms with van der Waals surface area (Å²) >= 11 is 0. The van der Waals surface area contributed by atoms with E-state index < -0.39 is 0 Å². The van der Waals surface area contributed by atoms with Crippen LogP contribution in [0.15, 0.2) is 24.3 Å². The lowest BCUT2D eigenvalue weighted by Crippen LogP contribution is -2.40. The summed E-state index contributed by atoms with van der Waals surface area (Å²) in [4.78, 5) is 0. The van der Waals surface area contributed by atoms with Crippen molar-refractivity contribution in [3.8, 4) is 0 Å². The third-order valence-electron chi connectivity index (χ3n) is 4.08. The molecule has 2 fully saturated rings. The maximum Gasteiger partial charge on any atom is 0.00788 e. The Kier molecular flexibility index (Phi) is 2.72. The number of rotatable bonds is 4. The Labute approximate surface area is 98.3 Å². The molecule has 3 rings (SSSR count). The fraction of sp³-hybridized carbons (Fsp3) is 0.600. The summed E-state index contributed by atoms with van der Waals surface area (Å²) in [6, 6.07) is 9.88. The highest BCUT2D eigenvalue weighted by Crippen LogP contribution is 2.37. The van der Waals surface area contributed by atoms with E-state index in [1.165, 1.54) is 43.4 Å². The number of hydrogen-bond acceptors (Lipinski definition) is 1. The van der Waals surface area contributed by atoms with E-state index in [4.69, 9.17) is 0 Å². The van der Waals surface area contributed by atoms with Crippen molar-refractivity contribution < 1.29 is 0 Å². The Morgan fingerprint density at radius 3 is 2.44 bits per heavy atom. The van der Waals surface area contributed by atoms with Crippen LogP contribution in [0.2, 0.25) is 0 Å². The highest BCUT2D eigenvalue weighted by atomic mass is 14.9. The van der Waals surface area contributed by atoms with Gasteiger partial charge in [0.2, 0.25) is 0 Å². The Hall–Kier alpha value is -0.820. The Morgan fingerprint density at radius 1 is 1.12 bits per heavy atom. The maximum absolute atomic E-state index is 3.69. The number of benzene rings is 1. The van der Waals surface area contributed by atoms with Crippen LogP contribution in [0.25, 0.3) is 0 Å². The van der Waals surface area contributed by atoms with Crippen LogP contribution in [-0.4, -0.2) is 12.6 Å². The molecule has 86 valence electrons. The van der Waals surface area contributed by atoms with E-state index in [0.29, 0.717) is 0 Å². The standard InChI is InChI=1S/C15H21N/c1-11-2-6-13(7-3-11)14-8-15(9-14)16-10-12-4-5-12/h2-3,6-7,12,14-16H,4-5,8-10H2,1H3. The molecule has 0 unspecified atom stereocenters. The van der Waals surface area contributed by atoms with E-state index in [1.807, 2.05) is 0 Å². The van der Waals surface area contributed by atoms with Gasteiger partial charge in [-0.25, -0.2) is 0 Å². The summed E-state index contributed by atoms with van der Waals surface area (Å²) in [5, 5.41) is 3.69. The van der Waals surface area contributed by atoms with E-state index in [-0.39, 0.29) is 0 Å². The predicted molar refractivity (Wildman–Crippen MR) is 67.7 cm³/mol. The van der Waals surface area contributed by atoms with Gasteiger partial charge in [0, 0.05) is 6.04 Å². The van der Waals surface area contributed by atoms with Crippen LogP contribution in [0, 0.1) is 12.8 Å². The molecule has 2 saturated carbocycles. The van der Waals surface area contributed by atoms with Gasteiger partial charge in [0.15, 0.2) is 0 Å². The van der Waals surface area contributed by atoms with E-state index in [0.717, 1.165) is 17.9 Å². The smallest absolute Gasteiger partial charge is 0.00788 e. The summed E-state index contributed by atoms with van der Waals surface area (Å²) < 4.78 is 0. The molecular formula is C15H21N. The molecule has 0 heterocycles. The van der Waals surface area contributed by atoms with Crippen molar-refractivity contribution in [3.63, 3.8) is 0 Å². The van der Waals surface area contributed by atoms with E-state index in [2.05, 4.69) is 36.5 Å². The normalized spacial score (nSPS) is 28.8. The van der Waals surface area contributed by atoms with E-state index in [1.54, 1.807) is 0 Å². The molecule has 2 aliphatic carbocycles. The van der Waals surface area contributed by atoms with Gasteiger partial charge in [-0.1, -0.05) is 29.8 Å². The van der Waals surface area contributed by atoms with Crippen LogP contribution in [-0.2, 0) is 0 Å². The Bertz CT molecular complexity index is 344. The fourth-order valence-corrected chi connectivity index (χ4v) is 2.55. The summed E-state index contributed by atoms with van der Waals surface area (Å²) in [5.41, 5.74) is 2.90. The molecule has 0 atom stereocenters. The van der Waals surface area contributed by atoms with Crippen molar-refractivity contribution in [2.24, 2.45) is 5.92 Å². The van der Waals surface area contributed by atoms with Crippen LogP contribution in [0.4, 0.5) is 0 Å². The quantitative estimate of drug-likeness (QED) is 0.813. The first-order valence-corrected chi connectivity index (χ1v) is 6.61. The summed E-state index contributed by atoms with van der Waals surface area (Å²) in [6.45, 7) is 3.43. The van der Waals surface area contributed by atoms with Gasteiger partial charge in [-0.2, -0.15) is 0 Å². The largest absolute Gasteiger partial charge is 0.314 e. The minimum atomic E-state index is 0.798. The zero-order valence-electron chi connectivity index (χ0n) is 10.1. The highest BCUT2D eigenvalue weighted by Gasteiger charge is 2.31. The number of aryl methyl sites for hydroxylation is 1. The molecule has 1 nitrogen and oxygen atoms in total. The molecule has 0 spiro atoms. The first-order valence-electron chi connectivity index (χ1n) is 6.61. The van der Waals surface area contributed by atoms with Crippen molar-refractivity contribution in [1.29, 1.82) is 0 Å². The number of nitrogens with one attached hydrogen (secondary N) is 1. The molecule has 1 aromatic rings. The second kappa shape index (κ2) is 4.21. The summed E-state index contributed by atoms with van der Waals surface area (Å²) in [7, 11) is 0. The van der Waals surface area contributed by atoms with Gasteiger partial charge < -0.3 is 5.32 Å². The van der Waals surface area contributed by atoms with Crippen molar-refractivity contribution in [1.82, 2.24) is 5.32 Å². The van der Waals surface area contributed by atoms with Crippen molar-refractivity contribution in [2.75, 3.05) is 6.54 Å². The second-order valence-electron chi connectivity index (χ2n) is 5.63. The van der Waals surface area contributed by atoms with Gasteiger partial charge in [0.1, 0.15) is 0 Å². The Balaban J connectivity index is 1.46. The van der Waals surface area contributed by atoms with Crippen LogP contribution < -0.4 is 5.32 Å². The van der Waals surface area contributed by atoms with Crippen LogP contribution in [0.3, 0.4) is 0 Å². The SMILES string of the molecule is Cc1ccc(C2CC(NCC3CC3)C2)cc1. The molecule has 1 heteroatoms. The Morgan fingerprint density at radius 2 is 1.81 bits per heavy atom. The van der Waals surface area contributed by atoms with Crippen LogP contribution in [0.5, 0.6) is 0 Å². The van der Waals surface area contributed by atoms with Gasteiger partial charge in [-0.05, 0) is 56.6 Å². The topological polar surface area (TPSA) is 12.0 Å². The molecule has 2 aliphatic rings. The summed E-state index contributed by atoms with van der Waals surface area (Å²) in [6.07, 6.45) is 5.60. The van der Waals surface area contributed by atoms with Gasteiger partial charge in [0.25, 0.3) is 0 Å². The molecule has 0 saturated heterocycles. The molecule has 0 aliphatic heterocycles. The molecular weight excluding hydrogens is 194 g/mol. The average molecular weight is 215 g/mol. The molecule has 0 amide bonds. The zero-order valence-corrected chi connectivity index (χ0v) is 10.1. The third-order valence-corrected chi connectivity index (χ3v) is 4.08. The lowest BCUT2D eigenvalue weighted by Gasteiger charge is -2.36. The fourth-order valence-electron chi connectivity index (χ4n) is 2.55. The predicted octanol–water partition coefficient (Wildman–Crippen LogP) is 3.24. The third kappa shape index (κ3) is 2.30. The molecule has 16 heavy (non-hydrogen) atoms. The van der Waals surface area contributed by atoms with Crippen molar-refractivity contribution >= 4 is 0 Å².